The lowest BCUT2D eigenvalue weighted by molar-refractivity contribution is 0.105. The zero-order chi connectivity index (χ0) is 15.9. The van der Waals surface area contributed by atoms with Crippen LogP contribution in [0.1, 0.15) is 30.4 Å². The fourth-order valence-corrected chi connectivity index (χ4v) is 3.61. The molecular formula is C21H28N2. The van der Waals surface area contributed by atoms with Crippen LogP contribution in [0.4, 0.5) is 0 Å². The van der Waals surface area contributed by atoms with Gasteiger partial charge in [0.15, 0.2) is 0 Å². The molecule has 1 saturated heterocycles. The topological polar surface area (TPSA) is 6.48 Å². The SMILES string of the molecule is CN(Cc1ccccc1)CC1CCCCN1Cc1ccccc1. The van der Waals surface area contributed by atoms with Crippen LogP contribution in [-0.2, 0) is 13.1 Å². The molecule has 1 atom stereocenters. The van der Waals surface area contributed by atoms with E-state index in [4.69, 9.17) is 0 Å². The zero-order valence-electron chi connectivity index (χ0n) is 14.2. The van der Waals surface area contributed by atoms with E-state index >= 15 is 0 Å². The number of benzene rings is 2. The Hall–Kier alpha value is -1.64. The van der Waals surface area contributed by atoms with Crippen molar-refractivity contribution in [3.8, 4) is 0 Å². The molecule has 1 aliphatic rings. The molecule has 0 saturated carbocycles. The molecule has 0 radical (unpaired) electrons. The summed E-state index contributed by atoms with van der Waals surface area (Å²) < 4.78 is 0. The van der Waals surface area contributed by atoms with Crippen molar-refractivity contribution >= 4 is 0 Å². The van der Waals surface area contributed by atoms with Gasteiger partial charge >= 0.3 is 0 Å². The second-order valence-corrected chi connectivity index (χ2v) is 6.79. The van der Waals surface area contributed by atoms with Gasteiger partial charge in [-0.15, -0.1) is 0 Å². The summed E-state index contributed by atoms with van der Waals surface area (Å²) in [5.41, 5.74) is 2.84. The predicted octanol–water partition coefficient (Wildman–Crippen LogP) is 4.17. The maximum absolute atomic E-state index is 2.68. The number of nitrogens with zero attached hydrogens (tertiary/aromatic N) is 2. The molecule has 1 heterocycles. The first-order chi connectivity index (χ1) is 11.3. The Labute approximate surface area is 140 Å². The quantitative estimate of drug-likeness (QED) is 0.790. The Kier molecular flexibility index (Phi) is 5.84. The third-order valence-electron chi connectivity index (χ3n) is 4.80. The normalized spacial score (nSPS) is 19.1. The Morgan fingerprint density at radius 3 is 2.26 bits per heavy atom. The van der Waals surface area contributed by atoms with Gasteiger partial charge in [-0.25, -0.2) is 0 Å². The van der Waals surface area contributed by atoms with E-state index in [0.717, 1.165) is 19.6 Å². The fraction of sp³-hybridized carbons (Fsp3) is 0.429. The van der Waals surface area contributed by atoms with Gasteiger partial charge < -0.3 is 4.90 Å². The molecule has 122 valence electrons. The number of piperidine rings is 1. The fourth-order valence-electron chi connectivity index (χ4n) is 3.61. The summed E-state index contributed by atoms with van der Waals surface area (Å²) in [6, 6.07) is 22.4. The van der Waals surface area contributed by atoms with Gasteiger partial charge in [0.25, 0.3) is 0 Å². The first-order valence-corrected chi connectivity index (χ1v) is 8.82. The number of hydrogen-bond acceptors (Lipinski definition) is 2. The molecule has 0 aromatic heterocycles. The maximum atomic E-state index is 2.68. The second kappa shape index (κ2) is 8.28. The molecule has 2 heteroatoms. The van der Waals surface area contributed by atoms with Gasteiger partial charge in [-0.2, -0.15) is 0 Å². The van der Waals surface area contributed by atoms with E-state index in [1.54, 1.807) is 0 Å². The van der Waals surface area contributed by atoms with Crippen molar-refractivity contribution in [3.05, 3.63) is 71.8 Å². The van der Waals surface area contributed by atoms with Gasteiger partial charge in [-0.1, -0.05) is 67.1 Å². The van der Waals surface area contributed by atoms with Gasteiger partial charge in [0.2, 0.25) is 0 Å². The lowest BCUT2D eigenvalue weighted by atomic mass is 10.0. The molecule has 23 heavy (non-hydrogen) atoms. The van der Waals surface area contributed by atoms with Crippen molar-refractivity contribution in [1.82, 2.24) is 9.80 Å². The van der Waals surface area contributed by atoms with Crippen molar-refractivity contribution in [2.45, 2.75) is 38.4 Å². The van der Waals surface area contributed by atoms with Crippen LogP contribution in [0.5, 0.6) is 0 Å². The minimum atomic E-state index is 0.678. The largest absolute Gasteiger partial charge is 0.301 e. The third-order valence-corrected chi connectivity index (χ3v) is 4.80. The van der Waals surface area contributed by atoms with Gasteiger partial charge in [0.1, 0.15) is 0 Å². The maximum Gasteiger partial charge on any atom is 0.0237 e. The number of rotatable bonds is 6. The summed E-state index contributed by atoms with van der Waals surface area (Å²) in [7, 11) is 2.25. The summed E-state index contributed by atoms with van der Waals surface area (Å²) in [6.07, 6.45) is 4.03. The van der Waals surface area contributed by atoms with Gasteiger partial charge in [-0.3, -0.25) is 4.90 Å². The summed E-state index contributed by atoms with van der Waals surface area (Å²) in [6.45, 7) is 4.52. The third kappa shape index (κ3) is 4.92. The average Bonchev–Trinajstić information content (AvgIpc) is 2.58. The molecule has 2 aromatic rings. The van der Waals surface area contributed by atoms with Gasteiger partial charge in [0, 0.05) is 25.7 Å². The highest BCUT2D eigenvalue weighted by Crippen LogP contribution is 2.20. The number of likely N-dealkylation sites (tertiary alicyclic amines) is 1. The smallest absolute Gasteiger partial charge is 0.0237 e. The Balaban J connectivity index is 1.57. The van der Waals surface area contributed by atoms with Crippen LogP contribution in [0.3, 0.4) is 0 Å². The lowest BCUT2D eigenvalue weighted by Crippen LogP contribution is -2.45. The van der Waals surface area contributed by atoms with E-state index in [-0.39, 0.29) is 0 Å². The molecular weight excluding hydrogens is 280 g/mol. The first kappa shape index (κ1) is 16.2. The van der Waals surface area contributed by atoms with Crippen LogP contribution >= 0.6 is 0 Å². The summed E-state index contributed by atoms with van der Waals surface area (Å²) in [4.78, 5) is 5.16. The van der Waals surface area contributed by atoms with Gasteiger partial charge in [-0.05, 0) is 37.6 Å². The molecule has 0 N–H and O–H groups in total. The van der Waals surface area contributed by atoms with Crippen molar-refractivity contribution in [3.63, 3.8) is 0 Å². The van der Waals surface area contributed by atoms with E-state index < -0.39 is 0 Å². The van der Waals surface area contributed by atoms with Crippen LogP contribution in [0, 0.1) is 0 Å². The van der Waals surface area contributed by atoms with Crippen LogP contribution < -0.4 is 0 Å². The molecule has 0 aliphatic carbocycles. The van der Waals surface area contributed by atoms with E-state index in [9.17, 15) is 0 Å². The molecule has 0 bridgehead atoms. The standard InChI is InChI=1S/C21H28N2/c1-22(16-19-10-4-2-5-11-19)18-21-14-8-9-15-23(21)17-20-12-6-3-7-13-20/h2-7,10-13,21H,8-9,14-18H2,1H3. The first-order valence-electron chi connectivity index (χ1n) is 8.82. The second-order valence-electron chi connectivity index (χ2n) is 6.79. The van der Waals surface area contributed by atoms with Crippen LogP contribution in [0.2, 0.25) is 0 Å². The minimum absolute atomic E-state index is 0.678. The number of likely N-dealkylation sites (N-methyl/N-ethyl adjacent to an activating group) is 1. The highest BCUT2D eigenvalue weighted by atomic mass is 15.2. The molecule has 2 nitrogen and oxygen atoms in total. The van der Waals surface area contributed by atoms with E-state index in [2.05, 4.69) is 77.5 Å². The summed E-state index contributed by atoms with van der Waals surface area (Å²) in [5, 5.41) is 0. The molecule has 1 unspecified atom stereocenters. The van der Waals surface area contributed by atoms with E-state index in [1.807, 2.05) is 0 Å². The molecule has 0 amide bonds. The monoisotopic (exact) mass is 308 g/mol. The Morgan fingerprint density at radius 2 is 1.57 bits per heavy atom. The van der Waals surface area contributed by atoms with E-state index in [0.29, 0.717) is 6.04 Å². The van der Waals surface area contributed by atoms with Crippen molar-refractivity contribution < 1.29 is 0 Å². The molecule has 2 aromatic carbocycles. The van der Waals surface area contributed by atoms with Crippen molar-refractivity contribution in [2.24, 2.45) is 0 Å². The minimum Gasteiger partial charge on any atom is -0.301 e. The van der Waals surface area contributed by atoms with Crippen LogP contribution in [0.25, 0.3) is 0 Å². The van der Waals surface area contributed by atoms with Gasteiger partial charge in [0.05, 0.1) is 0 Å². The highest BCUT2D eigenvalue weighted by molar-refractivity contribution is 5.15. The molecule has 0 spiro atoms. The molecule has 1 fully saturated rings. The molecule has 1 aliphatic heterocycles. The average molecular weight is 308 g/mol. The Bertz CT molecular complexity index is 567. The highest BCUT2D eigenvalue weighted by Gasteiger charge is 2.23. The van der Waals surface area contributed by atoms with Crippen molar-refractivity contribution in [2.75, 3.05) is 20.1 Å². The zero-order valence-corrected chi connectivity index (χ0v) is 14.2. The number of hydrogen-bond donors (Lipinski definition) is 0. The lowest BCUT2D eigenvalue weighted by Gasteiger charge is -2.38. The van der Waals surface area contributed by atoms with Crippen molar-refractivity contribution in [1.29, 1.82) is 0 Å². The Morgan fingerprint density at radius 1 is 0.913 bits per heavy atom. The summed E-state index contributed by atoms with van der Waals surface area (Å²) >= 11 is 0. The van der Waals surface area contributed by atoms with E-state index in [1.165, 1.54) is 36.9 Å². The molecule has 3 rings (SSSR count). The van der Waals surface area contributed by atoms with Crippen LogP contribution in [-0.4, -0.2) is 36.0 Å². The summed E-state index contributed by atoms with van der Waals surface area (Å²) in [5.74, 6) is 0. The van der Waals surface area contributed by atoms with Crippen LogP contribution in [0.15, 0.2) is 60.7 Å². The predicted molar refractivity (Wildman–Crippen MR) is 97.3 cm³/mol.